The zero-order chi connectivity index (χ0) is 13.2. The lowest BCUT2D eigenvalue weighted by Crippen LogP contribution is -2.57. The Labute approximate surface area is 107 Å². The van der Waals surface area contributed by atoms with Gasteiger partial charge in [-0.05, 0) is 31.4 Å². The lowest BCUT2D eigenvalue weighted by atomic mass is 9.93. The van der Waals surface area contributed by atoms with Crippen LogP contribution in [0.5, 0.6) is 0 Å². The van der Waals surface area contributed by atoms with Crippen molar-refractivity contribution in [2.75, 3.05) is 25.2 Å². The average Bonchev–Trinajstić information content (AvgIpc) is 2.38. The molecule has 0 aromatic heterocycles. The molecule has 1 N–H and O–H groups in total. The summed E-state index contributed by atoms with van der Waals surface area (Å²) in [6.07, 6.45) is 1.99. The molecule has 0 saturated heterocycles. The Morgan fingerprint density at radius 1 is 1.50 bits per heavy atom. The normalized spacial score (nSPS) is 18.0. The first-order valence-corrected chi connectivity index (χ1v) is 6.17. The van der Waals surface area contributed by atoms with Crippen molar-refractivity contribution in [3.05, 3.63) is 29.8 Å². The van der Waals surface area contributed by atoms with Crippen molar-refractivity contribution in [1.29, 1.82) is 0 Å². The Morgan fingerprint density at radius 2 is 2.22 bits per heavy atom. The molecule has 0 radical (unpaired) electrons. The molecular weight excluding hydrogens is 230 g/mol. The number of ether oxygens (including phenoxy) is 1. The second-order valence-electron chi connectivity index (χ2n) is 4.90. The topological polar surface area (TPSA) is 49.8 Å². The van der Waals surface area contributed by atoms with Gasteiger partial charge in [0.1, 0.15) is 0 Å². The number of fused-ring (bicyclic) bond motifs is 1. The van der Waals surface area contributed by atoms with E-state index in [4.69, 9.17) is 4.74 Å². The predicted octanol–water partition coefficient (Wildman–Crippen LogP) is 1.93. The van der Waals surface area contributed by atoms with Crippen molar-refractivity contribution in [3.8, 4) is 0 Å². The molecule has 1 aromatic rings. The number of hydrogen-bond acceptors (Lipinski definition) is 3. The van der Waals surface area contributed by atoms with Crippen molar-refractivity contribution >= 4 is 11.7 Å². The highest BCUT2D eigenvalue weighted by Crippen LogP contribution is 2.32. The van der Waals surface area contributed by atoms with Gasteiger partial charge < -0.3 is 14.7 Å². The van der Waals surface area contributed by atoms with Gasteiger partial charge in [-0.1, -0.05) is 18.2 Å². The molecule has 1 heterocycles. The van der Waals surface area contributed by atoms with Gasteiger partial charge in [0.2, 0.25) is 0 Å². The van der Waals surface area contributed by atoms with Crippen molar-refractivity contribution in [1.82, 2.24) is 0 Å². The predicted molar refractivity (Wildman–Crippen MR) is 70.0 cm³/mol. The fourth-order valence-electron chi connectivity index (χ4n) is 2.58. The molecule has 1 aromatic carbocycles. The quantitative estimate of drug-likeness (QED) is 0.885. The van der Waals surface area contributed by atoms with Gasteiger partial charge in [-0.25, -0.2) is 4.79 Å². The summed E-state index contributed by atoms with van der Waals surface area (Å²) in [6, 6.07) is 8.00. The Kier molecular flexibility index (Phi) is 3.57. The summed E-state index contributed by atoms with van der Waals surface area (Å²) in [5.41, 5.74) is 1.23. The van der Waals surface area contributed by atoms with Gasteiger partial charge in [0.15, 0.2) is 5.54 Å². The van der Waals surface area contributed by atoms with E-state index in [1.54, 1.807) is 6.92 Å². The highest BCUT2D eigenvalue weighted by Gasteiger charge is 2.41. The number of benzene rings is 1. The van der Waals surface area contributed by atoms with Crippen LogP contribution >= 0.6 is 0 Å². The third-order valence-corrected chi connectivity index (χ3v) is 3.59. The van der Waals surface area contributed by atoms with Gasteiger partial charge in [0.25, 0.3) is 0 Å². The molecule has 1 atom stereocenters. The fraction of sp³-hybridized carbons (Fsp3) is 0.500. The summed E-state index contributed by atoms with van der Waals surface area (Å²) >= 11 is 0. The van der Waals surface area contributed by atoms with Crippen LogP contribution in [-0.2, 0) is 16.0 Å². The minimum atomic E-state index is -1.01. The first-order valence-electron chi connectivity index (χ1n) is 6.17. The summed E-state index contributed by atoms with van der Waals surface area (Å²) < 4.78 is 5.11. The summed E-state index contributed by atoms with van der Waals surface area (Å²) in [4.78, 5) is 13.6. The van der Waals surface area contributed by atoms with Gasteiger partial charge >= 0.3 is 5.97 Å². The number of carboxylic acid groups (broad SMARTS) is 1. The number of aliphatic carboxylic acids is 1. The van der Waals surface area contributed by atoms with Crippen LogP contribution in [-0.4, -0.2) is 36.9 Å². The number of carboxylic acids is 1. The molecule has 0 amide bonds. The van der Waals surface area contributed by atoms with Crippen LogP contribution in [0, 0.1) is 0 Å². The van der Waals surface area contributed by atoms with Crippen LogP contribution < -0.4 is 4.90 Å². The smallest absolute Gasteiger partial charge is 0.331 e. The molecule has 1 aliphatic rings. The van der Waals surface area contributed by atoms with E-state index in [1.807, 2.05) is 23.1 Å². The third-order valence-electron chi connectivity index (χ3n) is 3.59. The fourth-order valence-corrected chi connectivity index (χ4v) is 2.58. The van der Waals surface area contributed by atoms with Gasteiger partial charge in [0.05, 0.1) is 6.61 Å². The number of hydrogen-bond donors (Lipinski definition) is 1. The molecule has 0 spiro atoms. The zero-order valence-corrected chi connectivity index (χ0v) is 10.8. The second kappa shape index (κ2) is 4.98. The van der Waals surface area contributed by atoms with Crippen LogP contribution in [0.4, 0.5) is 5.69 Å². The maximum absolute atomic E-state index is 11.6. The minimum absolute atomic E-state index is 0.177. The second-order valence-corrected chi connectivity index (χ2v) is 4.90. The van der Waals surface area contributed by atoms with E-state index in [2.05, 4.69) is 6.07 Å². The molecular formula is C14H19NO3. The van der Waals surface area contributed by atoms with Crippen LogP contribution in [0.15, 0.2) is 24.3 Å². The van der Waals surface area contributed by atoms with E-state index >= 15 is 0 Å². The maximum Gasteiger partial charge on any atom is 0.331 e. The lowest BCUT2D eigenvalue weighted by molar-refractivity contribution is -0.144. The van der Waals surface area contributed by atoms with Crippen LogP contribution in [0.1, 0.15) is 18.9 Å². The maximum atomic E-state index is 11.6. The SMILES string of the molecule is COCC(C)(C(=O)O)N1CCCc2ccccc21. The summed E-state index contributed by atoms with van der Waals surface area (Å²) in [5.74, 6) is -0.846. The van der Waals surface area contributed by atoms with Gasteiger partial charge in [-0.3, -0.25) is 0 Å². The molecule has 2 rings (SSSR count). The molecule has 0 fully saturated rings. The molecule has 4 heteroatoms. The van der Waals surface area contributed by atoms with Crippen LogP contribution in [0.3, 0.4) is 0 Å². The van der Waals surface area contributed by atoms with Crippen molar-refractivity contribution in [2.24, 2.45) is 0 Å². The van der Waals surface area contributed by atoms with Crippen LogP contribution in [0.2, 0.25) is 0 Å². The number of para-hydroxylation sites is 1. The van der Waals surface area contributed by atoms with Gasteiger partial charge in [-0.15, -0.1) is 0 Å². The largest absolute Gasteiger partial charge is 0.479 e. The molecule has 1 unspecified atom stereocenters. The lowest BCUT2D eigenvalue weighted by Gasteiger charge is -2.42. The first-order chi connectivity index (χ1) is 8.59. The number of nitrogens with zero attached hydrogens (tertiary/aromatic N) is 1. The number of aryl methyl sites for hydroxylation is 1. The Balaban J connectivity index is 2.42. The van der Waals surface area contributed by atoms with Gasteiger partial charge in [0, 0.05) is 19.3 Å². The molecule has 4 nitrogen and oxygen atoms in total. The first kappa shape index (κ1) is 12.9. The Hall–Kier alpha value is -1.55. The molecule has 0 saturated carbocycles. The van der Waals surface area contributed by atoms with E-state index in [0.29, 0.717) is 0 Å². The van der Waals surface area contributed by atoms with Crippen molar-refractivity contribution in [2.45, 2.75) is 25.3 Å². The minimum Gasteiger partial charge on any atom is -0.479 e. The standard InChI is InChI=1S/C14H19NO3/c1-14(10-18-2,13(16)17)15-9-5-7-11-6-3-4-8-12(11)15/h3-4,6,8H,5,7,9-10H2,1-2H3,(H,16,17). The van der Waals surface area contributed by atoms with E-state index in [1.165, 1.54) is 12.7 Å². The number of anilines is 1. The molecule has 1 aliphatic heterocycles. The van der Waals surface area contributed by atoms with Crippen LogP contribution in [0.25, 0.3) is 0 Å². The Bertz CT molecular complexity index is 446. The summed E-state index contributed by atoms with van der Waals surface area (Å²) in [6.45, 7) is 2.65. The molecule has 18 heavy (non-hydrogen) atoms. The third kappa shape index (κ3) is 2.08. The van der Waals surface area contributed by atoms with E-state index in [9.17, 15) is 9.90 Å². The van der Waals surface area contributed by atoms with Crippen molar-refractivity contribution in [3.63, 3.8) is 0 Å². The molecule has 98 valence electrons. The average molecular weight is 249 g/mol. The molecule has 0 bridgehead atoms. The zero-order valence-electron chi connectivity index (χ0n) is 10.8. The number of carbonyl (C=O) groups is 1. The van der Waals surface area contributed by atoms with Gasteiger partial charge in [-0.2, -0.15) is 0 Å². The summed E-state index contributed by atoms with van der Waals surface area (Å²) in [5, 5.41) is 9.52. The summed E-state index contributed by atoms with van der Waals surface area (Å²) in [7, 11) is 1.54. The van der Waals surface area contributed by atoms with Crippen molar-refractivity contribution < 1.29 is 14.6 Å². The Morgan fingerprint density at radius 3 is 2.89 bits per heavy atom. The highest BCUT2D eigenvalue weighted by atomic mass is 16.5. The monoisotopic (exact) mass is 249 g/mol. The number of methoxy groups -OCH3 is 1. The molecule has 0 aliphatic carbocycles. The highest BCUT2D eigenvalue weighted by molar-refractivity contribution is 5.84. The van der Waals surface area contributed by atoms with E-state index in [0.717, 1.165) is 25.1 Å². The number of rotatable bonds is 4. The van der Waals surface area contributed by atoms with E-state index in [-0.39, 0.29) is 6.61 Å². The van der Waals surface area contributed by atoms with E-state index < -0.39 is 11.5 Å².